The molecule has 2 rings (SSSR count). The number of pyridine rings is 2. The van der Waals surface area contributed by atoms with E-state index in [-0.39, 0.29) is 5.91 Å². The van der Waals surface area contributed by atoms with Gasteiger partial charge in [0.15, 0.2) is 0 Å². The Bertz CT molecular complexity index is 522. The van der Waals surface area contributed by atoms with Gasteiger partial charge in [0, 0.05) is 12.4 Å². The monoisotopic (exact) mass is 247 g/mol. The summed E-state index contributed by atoms with van der Waals surface area (Å²) in [5.41, 5.74) is 1.48. The Morgan fingerprint density at radius 3 is 2.59 bits per heavy atom. The van der Waals surface area contributed by atoms with Crippen molar-refractivity contribution in [3.8, 4) is 0 Å². The first-order chi connectivity index (χ1) is 8.15. The second-order valence-electron chi connectivity index (χ2n) is 3.54. The molecule has 0 atom stereocenters. The smallest absolute Gasteiger partial charge is 0.258 e. The highest BCUT2D eigenvalue weighted by molar-refractivity contribution is 6.29. The van der Waals surface area contributed by atoms with E-state index in [1.165, 1.54) is 6.20 Å². The van der Waals surface area contributed by atoms with Gasteiger partial charge in [-0.15, -0.1) is 0 Å². The van der Waals surface area contributed by atoms with Gasteiger partial charge in [-0.1, -0.05) is 17.7 Å². The predicted octanol–water partition coefficient (Wildman–Crippen LogP) is 2.69. The maximum absolute atomic E-state index is 11.8. The zero-order valence-corrected chi connectivity index (χ0v) is 9.90. The van der Waals surface area contributed by atoms with Crippen molar-refractivity contribution >= 4 is 23.3 Å². The maximum atomic E-state index is 11.8. The van der Waals surface area contributed by atoms with Gasteiger partial charge in [0.05, 0.1) is 5.56 Å². The lowest BCUT2D eigenvalue weighted by Gasteiger charge is -2.04. The number of nitrogens with one attached hydrogen (secondary N) is 1. The number of aromatic nitrogens is 2. The molecule has 0 fully saturated rings. The van der Waals surface area contributed by atoms with Crippen LogP contribution in [0.5, 0.6) is 0 Å². The van der Waals surface area contributed by atoms with Gasteiger partial charge in [-0.05, 0) is 30.7 Å². The molecular formula is C12H10ClN3O. The minimum absolute atomic E-state index is 0.259. The topological polar surface area (TPSA) is 54.9 Å². The third-order valence-corrected chi connectivity index (χ3v) is 2.37. The van der Waals surface area contributed by atoms with Crippen molar-refractivity contribution in [3.63, 3.8) is 0 Å². The Kier molecular flexibility index (Phi) is 3.35. The summed E-state index contributed by atoms with van der Waals surface area (Å²) >= 11 is 5.64. The number of halogens is 1. The molecule has 2 aromatic rings. The van der Waals surface area contributed by atoms with Crippen molar-refractivity contribution in [3.05, 3.63) is 52.9 Å². The van der Waals surface area contributed by atoms with Crippen LogP contribution < -0.4 is 5.32 Å². The quantitative estimate of drug-likeness (QED) is 0.830. The molecule has 86 valence electrons. The third kappa shape index (κ3) is 3.01. The number of amides is 1. The van der Waals surface area contributed by atoms with E-state index < -0.39 is 0 Å². The summed E-state index contributed by atoms with van der Waals surface area (Å²) in [7, 11) is 0. The van der Waals surface area contributed by atoms with Crippen LogP contribution in [0.1, 0.15) is 15.9 Å². The lowest BCUT2D eigenvalue weighted by atomic mass is 10.2. The van der Waals surface area contributed by atoms with Crippen LogP contribution in [0, 0.1) is 6.92 Å². The molecule has 0 saturated carbocycles. The largest absolute Gasteiger partial charge is 0.307 e. The fourth-order valence-corrected chi connectivity index (χ4v) is 1.35. The van der Waals surface area contributed by atoms with Crippen LogP contribution in [0.15, 0.2) is 36.7 Å². The Labute approximate surface area is 104 Å². The van der Waals surface area contributed by atoms with E-state index in [2.05, 4.69) is 15.3 Å². The zero-order valence-electron chi connectivity index (χ0n) is 9.14. The molecule has 0 aliphatic heterocycles. The first kappa shape index (κ1) is 11.5. The van der Waals surface area contributed by atoms with Gasteiger partial charge in [0.2, 0.25) is 0 Å². The zero-order chi connectivity index (χ0) is 12.3. The van der Waals surface area contributed by atoms with Crippen LogP contribution in [0.2, 0.25) is 5.15 Å². The molecule has 0 spiro atoms. The molecule has 1 N–H and O–H groups in total. The Hall–Kier alpha value is -1.94. The summed E-state index contributed by atoms with van der Waals surface area (Å²) in [6.45, 7) is 1.93. The molecular weight excluding hydrogens is 238 g/mol. The number of anilines is 1. The first-order valence-electron chi connectivity index (χ1n) is 5.01. The summed E-state index contributed by atoms with van der Waals surface area (Å²) < 4.78 is 0. The summed E-state index contributed by atoms with van der Waals surface area (Å²) in [4.78, 5) is 19.7. The molecule has 17 heavy (non-hydrogen) atoms. The number of rotatable bonds is 2. The molecule has 1 amide bonds. The van der Waals surface area contributed by atoms with Gasteiger partial charge < -0.3 is 5.32 Å². The second kappa shape index (κ2) is 4.93. The Balaban J connectivity index is 2.11. The lowest BCUT2D eigenvalue weighted by Crippen LogP contribution is -2.13. The van der Waals surface area contributed by atoms with Crippen LogP contribution in [0.25, 0.3) is 0 Å². The molecule has 0 aromatic carbocycles. The second-order valence-corrected chi connectivity index (χ2v) is 3.93. The fourth-order valence-electron chi connectivity index (χ4n) is 1.24. The normalized spacial score (nSPS) is 10.0. The Morgan fingerprint density at radius 2 is 2.00 bits per heavy atom. The van der Waals surface area contributed by atoms with E-state index in [9.17, 15) is 4.79 Å². The number of hydrogen-bond acceptors (Lipinski definition) is 3. The van der Waals surface area contributed by atoms with Gasteiger partial charge in [0.1, 0.15) is 11.0 Å². The average Bonchev–Trinajstić information content (AvgIpc) is 2.33. The SMILES string of the molecule is Cc1ccc(NC(=O)c2ccc(Cl)nc2)nc1. The molecule has 5 heteroatoms. The molecule has 0 unspecified atom stereocenters. The number of hydrogen-bond donors (Lipinski definition) is 1. The van der Waals surface area contributed by atoms with Crippen molar-refractivity contribution in [2.75, 3.05) is 5.32 Å². The summed E-state index contributed by atoms with van der Waals surface area (Å²) in [6.07, 6.45) is 3.11. The van der Waals surface area contributed by atoms with E-state index in [0.29, 0.717) is 16.5 Å². The van der Waals surface area contributed by atoms with Crippen LogP contribution in [-0.2, 0) is 0 Å². The van der Waals surface area contributed by atoms with Crippen LogP contribution >= 0.6 is 11.6 Å². The standard InChI is InChI=1S/C12H10ClN3O/c1-8-2-5-11(15-6-8)16-12(17)9-3-4-10(13)14-7-9/h2-7H,1H3,(H,15,16,17). The molecule has 2 aromatic heterocycles. The molecule has 4 nitrogen and oxygen atoms in total. The van der Waals surface area contributed by atoms with Crippen molar-refractivity contribution in [1.29, 1.82) is 0 Å². The molecule has 0 aliphatic carbocycles. The minimum atomic E-state index is -0.259. The van der Waals surface area contributed by atoms with E-state index in [1.54, 1.807) is 24.4 Å². The number of carbonyl (C=O) groups is 1. The summed E-state index contributed by atoms with van der Waals surface area (Å²) in [5, 5.41) is 3.03. The Morgan fingerprint density at radius 1 is 1.18 bits per heavy atom. The van der Waals surface area contributed by atoms with E-state index in [4.69, 9.17) is 11.6 Å². The average molecular weight is 248 g/mol. The van der Waals surface area contributed by atoms with Crippen molar-refractivity contribution in [1.82, 2.24) is 9.97 Å². The molecule has 0 aliphatic rings. The van der Waals surface area contributed by atoms with Crippen LogP contribution in [0.3, 0.4) is 0 Å². The first-order valence-corrected chi connectivity index (χ1v) is 5.38. The van der Waals surface area contributed by atoms with Gasteiger partial charge in [-0.2, -0.15) is 0 Å². The fraction of sp³-hybridized carbons (Fsp3) is 0.0833. The van der Waals surface area contributed by atoms with Gasteiger partial charge >= 0.3 is 0 Å². The van der Waals surface area contributed by atoms with Gasteiger partial charge in [0.25, 0.3) is 5.91 Å². The third-order valence-electron chi connectivity index (χ3n) is 2.14. The van der Waals surface area contributed by atoms with Crippen molar-refractivity contribution in [2.24, 2.45) is 0 Å². The lowest BCUT2D eigenvalue weighted by molar-refractivity contribution is 0.102. The summed E-state index contributed by atoms with van der Waals surface area (Å²) in [5.74, 6) is 0.251. The van der Waals surface area contributed by atoms with Crippen molar-refractivity contribution < 1.29 is 4.79 Å². The van der Waals surface area contributed by atoms with Gasteiger partial charge in [-0.25, -0.2) is 9.97 Å². The van der Waals surface area contributed by atoms with Crippen LogP contribution in [-0.4, -0.2) is 15.9 Å². The summed E-state index contributed by atoms with van der Waals surface area (Å²) in [6, 6.07) is 6.80. The molecule has 0 radical (unpaired) electrons. The van der Waals surface area contributed by atoms with E-state index in [0.717, 1.165) is 5.56 Å². The highest BCUT2D eigenvalue weighted by atomic mass is 35.5. The van der Waals surface area contributed by atoms with E-state index >= 15 is 0 Å². The maximum Gasteiger partial charge on any atom is 0.258 e. The highest BCUT2D eigenvalue weighted by Gasteiger charge is 2.06. The highest BCUT2D eigenvalue weighted by Crippen LogP contribution is 2.09. The number of aryl methyl sites for hydroxylation is 1. The molecule has 0 saturated heterocycles. The van der Waals surface area contributed by atoms with E-state index in [1.807, 2.05) is 13.0 Å². The molecule has 2 heterocycles. The number of nitrogens with zero attached hydrogens (tertiary/aromatic N) is 2. The van der Waals surface area contributed by atoms with Crippen LogP contribution in [0.4, 0.5) is 5.82 Å². The van der Waals surface area contributed by atoms with Gasteiger partial charge in [-0.3, -0.25) is 4.79 Å². The minimum Gasteiger partial charge on any atom is -0.307 e. The number of carbonyl (C=O) groups excluding carboxylic acids is 1. The molecule has 0 bridgehead atoms. The predicted molar refractivity (Wildman–Crippen MR) is 66.2 cm³/mol. The van der Waals surface area contributed by atoms with Crippen molar-refractivity contribution in [2.45, 2.75) is 6.92 Å².